The Kier molecular flexibility index (Phi) is 8.16. The van der Waals surface area contributed by atoms with Crippen molar-refractivity contribution in [2.75, 3.05) is 0 Å². The zero-order valence-corrected chi connectivity index (χ0v) is 7.82. The van der Waals surface area contributed by atoms with Crippen molar-refractivity contribution in [2.45, 2.75) is 57.0 Å². The van der Waals surface area contributed by atoms with Gasteiger partial charge in [-0.3, -0.25) is 0 Å². The zero-order valence-electron chi connectivity index (χ0n) is 7.82. The normalized spacial score (nSPS) is 13.6. The maximum absolute atomic E-state index is 2.37. The van der Waals surface area contributed by atoms with Crippen LogP contribution in [0.15, 0.2) is 0 Å². The first-order chi connectivity index (χ1) is 4.81. The van der Waals surface area contributed by atoms with Crippen molar-refractivity contribution in [1.29, 1.82) is 0 Å². The molecule has 0 nitrogen and oxygen atoms in total. The summed E-state index contributed by atoms with van der Waals surface area (Å²) in [7, 11) is 0. The van der Waals surface area contributed by atoms with E-state index in [1.54, 1.807) is 0 Å². The third-order valence-corrected chi connectivity index (χ3v) is 2.08. The Labute approximate surface area is 75.0 Å². The van der Waals surface area contributed by atoms with E-state index in [1.165, 1.54) is 38.5 Å². The SMILES string of the molecule is [Li][CH](CCC)CCCCC. The molecule has 0 aliphatic carbocycles. The number of rotatable bonds is 6. The van der Waals surface area contributed by atoms with Gasteiger partial charge in [0, 0.05) is 0 Å². The standard InChI is InChI=1S/C9H19.Li/c1-3-5-7-9-8-6-4-2;/h7H,3-6,8-9H2,1-2H3;. The minimum atomic E-state index is 0.969. The van der Waals surface area contributed by atoms with Gasteiger partial charge in [0.2, 0.25) is 0 Å². The van der Waals surface area contributed by atoms with Gasteiger partial charge in [-0.05, 0) is 0 Å². The summed E-state index contributed by atoms with van der Waals surface area (Å²) >= 11 is 2.37. The summed E-state index contributed by atoms with van der Waals surface area (Å²) < 4.78 is 0.969. The first kappa shape index (κ1) is 10.6. The molecular formula is C9H19Li. The number of hydrogen-bond donors (Lipinski definition) is 0. The molecule has 0 spiro atoms. The first-order valence-electron chi connectivity index (χ1n) is 4.81. The van der Waals surface area contributed by atoms with Gasteiger partial charge in [0.05, 0.1) is 0 Å². The van der Waals surface area contributed by atoms with Gasteiger partial charge in [0.1, 0.15) is 0 Å². The van der Waals surface area contributed by atoms with Crippen molar-refractivity contribution in [3.8, 4) is 0 Å². The van der Waals surface area contributed by atoms with Gasteiger partial charge in [0.25, 0.3) is 0 Å². The fourth-order valence-electron chi connectivity index (χ4n) is 1.38. The summed E-state index contributed by atoms with van der Waals surface area (Å²) in [5, 5.41) is 0. The average Bonchev–Trinajstić information content (AvgIpc) is 1.89. The molecule has 0 aromatic carbocycles. The Morgan fingerprint density at radius 2 is 1.70 bits per heavy atom. The van der Waals surface area contributed by atoms with Crippen molar-refractivity contribution in [1.82, 2.24) is 0 Å². The first-order valence-corrected chi connectivity index (χ1v) is 4.81. The van der Waals surface area contributed by atoms with Crippen LogP contribution in [0, 0.1) is 0 Å². The second kappa shape index (κ2) is 7.70. The van der Waals surface area contributed by atoms with E-state index in [0.29, 0.717) is 0 Å². The Balaban J connectivity index is 2.97. The molecule has 0 N–H and O–H groups in total. The Bertz CT molecular complexity index is 61.7. The Morgan fingerprint density at radius 1 is 1.00 bits per heavy atom. The van der Waals surface area contributed by atoms with E-state index in [1.807, 2.05) is 0 Å². The number of unbranched alkanes of at least 4 members (excludes halogenated alkanes) is 2. The van der Waals surface area contributed by atoms with Crippen LogP contribution in [0.5, 0.6) is 0 Å². The van der Waals surface area contributed by atoms with Gasteiger partial charge in [-0.1, -0.05) is 0 Å². The van der Waals surface area contributed by atoms with Gasteiger partial charge >= 0.3 is 74.7 Å². The monoisotopic (exact) mass is 134 g/mol. The summed E-state index contributed by atoms with van der Waals surface area (Å²) in [5.41, 5.74) is 0. The molecule has 1 unspecified atom stereocenters. The number of hydrogen-bond acceptors (Lipinski definition) is 0. The predicted octanol–water partition coefficient (Wildman–Crippen LogP) is 3.32. The topological polar surface area (TPSA) is 0 Å². The van der Waals surface area contributed by atoms with E-state index < -0.39 is 0 Å². The van der Waals surface area contributed by atoms with Crippen molar-refractivity contribution in [3.05, 3.63) is 0 Å². The second-order valence-electron chi connectivity index (χ2n) is 3.39. The molecule has 0 bridgehead atoms. The molecular weight excluding hydrogens is 115 g/mol. The molecule has 10 heavy (non-hydrogen) atoms. The van der Waals surface area contributed by atoms with Crippen molar-refractivity contribution in [2.24, 2.45) is 0 Å². The third kappa shape index (κ3) is 6.71. The molecule has 0 radical (unpaired) electrons. The Hall–Kier alpha value is 0.597. The zero-order chi connectivity index (χ0) is 7.82. The van der Waals surface area contributed by atoms with E-state index in [9.17, 15) is 0 Å². The van der Waals surface area contributed by atoms with Crippen molar-refractivity contribution in [3.63, 3.8) is 0 Å². The van der Waals surface area contributed by atoms with E-state index >= 15 is 0 Å². The second-order valence-corrected chi connectivity index (χ2v) is 3.39. The van der Waals surface area contributed by atoms with Gasteiger partial charge in [-0.25, -0.2) is 0 Å². The molecule has 0 saturated heterocycles. The maximum atomic E-state index is 2.37. The van der Waals surface area contributed by atoms with Crippen LogP contribution in [0.3, 0.4) is 0 Å². The van der Waals surface area contributed by atoms with Gasteiger partial charge in [-0.2, -0.15) is 0 Å². The molecule has 0 fully saturated rings. The fourth-order valence-corrected chi connectivity index (χ4v) is 1.38. The molecule has 0 saturated carbocycles. The summed E-state index contributed by atoms with van der Waals surface area (Å²) in [5.74, 6) is 0. The molecule has 0 amide bonds. The van der Waals surface area contributed by atoms with Crippen LogP contribution >= 0.6 is 0 Å². The van der Waals surface area contributed by atoms with Crippen LogP contribution < -0.4 is 0 Å². The molecule has 0 heterocycles. The molecule has 0 aromatic rings. The van der Waals surface area contributed by atoms with E-state index in [2.05, 4.69) is 31.6 Å². The molecule has 0 aliphatic rings. The van der Waals surface area contributed by atoms with E-state index in [-0.39, 0.29) is 0 Å². The summed E-state index contributed by atoms with van der Waals surface area (Å²) in [4.78, 5) is 0. The van der Waals surface area contributed by atoms with E-state index in [4.69, 9.17) is 0 Å². The predicted molar refractivity (Wildman–Crippen MR) is 48.6 cm³/mol. The third-order valence-electron chi connectivity index (χ3n) is 2.08. The van der Waals surface area contributed by atoms with Crippen LogP contribution in [0.25, 0.3) is 0 Å². The van der Waals surface area contributed by atoms with Crippen LogP contribution in [0.1, 0.15) is 52.4 Å². The van der Waals surface area contributed by atoms with Crippen LogP contribution in [-0.4, -0.2) is 17.7 Å². The van der Waals surface area contributed by atoms with Gasteiger partial charge in [0.15, 0.2) is 0 Å². The molecule has 56 valence electrons. The minimum absolute atomic E-state index is 0.969. The molecule has 1 atom stereocenters. The van der Waals surface area contributed by atoms with Gasteiger partial charge < -0.3 is 0 Å². The molecule has 1 heteroatoms. The molecule has 0 aliphatic heterocycles. The summed E-state index contributed by atoms with van der Waals surface area (Å²) in [6, 6.07) is 0. The van der Waals surface area contributed by atoms with Crippen molar-refractivity contribution < 1.29 is 0 Å². The van der Waals surface area contributed by atoms with Gasteiger partial charge in [-0.15, -0.1) is 0 Å². The van der Waals surface area contributed by atoms with E-state index in [0.717, 1.165) is 4.59 Å². The fraction of sp³-hybridized carbons (Fsp3) is 1.00. The van der Waals surface area contributed by atoms with Crippen LogP contribution in [0.4, 0.5) is 0 Å². The summed E-state index contributed by atoms with van der Waals surface area (Å²) in [6.07, 6.45) is 8.45. The molecule has 0 rings (SSSR count). The quantitative estimate of drug-likeness (QED) is 0.386. The molecule has 0 aromatic heterocycles. The Morgan fingerprint density at radius 3 is 2.20 bits per heavy atom. The average molecular weight is 134 g/mol. The summed E-state index contributed by atoms with van der Waals surface area (Å²) in [6.45, 7) is 4.54. The van der Waals surface area contributed by atoms with Crippen LogP contribution in [-0.2, 0) is 0 Å². The van der Waals surface area contributed by atoms with Crippen LogP contribution in [0.2, 0.25) is 4.59 Å². The van der Waals surface area contributed by atoms with Crippen molar-refractivity contribution >= 4 is 17.7 Å².